The van der Waals surface area contributed by atoms with E-state index in [-0.39, 0.29) is 0 Å². The first-order valence-corrected chi connectivity index (χ1v) is 12.0. The van der Waals surface area contributed by atoms with Gasteiger partial charge >= 0.3 is 6.18 Å². The number of pyridine rings is 1. The molecule has 3 heterocycles. The number of alkyl halides is 3. The highest BCUT2D eigenvalue weighted by molar-refractivity contribution is 7.91. The highest BCUT2D eigenvalue weighted by Crippen LogP contribution is 2.38. The number of likely N-dealkylation sites (tertiary alicyclic amines) is 1. The van der Waals surface area contributed by atoms with E-state index in [1.807, 2.05) is 11.1 Å². The molecule has 2 aliphatic rings. The van der Waals surface area contributed by atoms with Crippen LogP contribution in [0.3, 0.4) is 0 Å². The monoisotopic (exact) mass is 469 g/mol. The number of nitrogens with one attached hydrogen (secondary N) is 1. The Hall–Kier alpha value is -2.33. The largest absolute Gasteiger partial charge is 0.418 e. The summed E-state index contributed by atoms with van der Waals surface area (Å²) in [6, 6.07) is 1.04. The molecule has 2 unspecified atom stereocenters. The number of H-pyrrole nitrogens is 1. The highest BCUT2D eigenvalue weighted by atomic mass is 32.2. The summed E-state index contributed by atoms with van der Waals surface area (Å²) < 4.78 is 67.3. The normalized spacial score (nSPS) is 27.3. The van der Waals surface area contributed by atoms with Gasteiger partial charge in [0.25, 0.3) is 5.56 Å². The van der Waals surface area contributed by atoms with Gasteiger partial charge in [0.05, 0.1) is 5.56 Å². The van der Waals surface area contributed by atoms with Crippen molar-refractivity contribution in [3.8, 4) is 0 Å². The van der Waals surface area contributed by atoms with E-state index in [0.29, 0.717) is 22.6 Å². The number of aromatic nitrogens is 2. The summed E-state index contributed by atoms with van der Waals surface area (Å²) in [5.74, 6) is 0.0904. The van der Waals surface area contributed by atoms with Crippen LogP contribution in [0.5, 0.6) is 0 Å². The zero-order valence-electron chi connectivity index (χ0n) is 17.9. The third kappa shape index (κ3) is 3.73. The van der Waals surface area contributed by atoms with Crippen molar-refractivity contribution in [3.05, 3.63) is 58.7 Å². The van der Waals surface area contributed by atoms with Crippen molar-refractivity contribution in [2.24, 2.45) is 11.8 Å². The van der Waals surface area contributed by atoms with Gasteiger partial charge in [-0.1, -0.05) is 31.2 Å². The van der Waals surface area contributed by atoms with Gasteiger partial charge in [0, 0.05) is 36.8 Å². The van der Waals surface area contributed by atoms with Crippen LogP contribution in [-0.4, -0.2) is 46.7 Å². The second-order valence-electron chi connectivity index (χ2n) is 8.95. The lowest BCUT2D eigenvalue weighted by atomic mass is 9.87. The molecule has 2 aromatic heterocycles. The van der Waals surface area contributed by atoms with Crippen LogP contribution in [0.4, 0.5) is 13.2 Å². The summed E-state index contributed by atoms with van der Waals surface area (Å²) in [5.41, 5.74) is -2.49. The minimum Gasteiger partial charge on any atom is -0.327 e. The van der Waals surface area contributed by atoms with Crippen LogP contribution in [0, 0.1) is 11.8 Å². The number of fused-ring (bicyclic) bond motifs is 1. The standard InChI is InChI=1S/C22H26F3N3O3S/c1-15-6-5-10-27(13-15)14-16-7-3-4-9-21(16,2)32(30,31)28-11-8-17-18(22(23,24)25)12-26-20(29)19(17)28/h3-4,7-9,11-12,15-16H,5-6,10,13-14H2,1-2H3,(H,26,29)/t15?,16?,21-/m0/s1. The van der Waals surface area contributed by atoms with E-state index in [9.17, 15) is 26.4 Å². The quantitative estimate of drug-likeness (QED) is 0.740. The summed E-state index contributed by atoms with van der Waals surface area (Å²) >= 11 is 0. The number of hydrogen-bond donors (Lipinski definition) is 1. The smallest absolute Gasteiger partial charge is 0.327 e. The predicted molar refractivity (Wildman–Crippen MR) is 117 cm³/mol. The van der Waals surface area contributed by atoms with Crippen molar-refractivity contribution >= 4 is 20.9 Å². The predicted octanol–water partition coefficient (Wildman–Crippen LogP) is 3.76. The van der Waals surface area contributed by atoms with Crippen molar-refractivity contribution in [1.82, 2.24) is 13.9 Å². The molecule has 32 heavy (non-hydrogen) atoms. The first-order valence-electron chi connectivity index (χ1n) is 10.6. The van der Waals surface area contributed by atoms with Crippen LogP contribution in [-0.2, 0) is 16.2 Å². The van der Waals surface area contributed by atoms with E-state index >= 15 is 0 Å². The Labute approximate surface area is 184 Å². The molecule has 1 N–H and O–H groups in total. The second-order valence-corrected chi connectivity index (χ2v) is 11.2. The topological polar surface area (TPSA) is 75.2 Å². The van der Waals surface area contributed by atoms with Gasteiger partial charge in [0.2, 0.25) is 10.0 Å². The van der Waals surface area contributed by atoms with Gasteiger partial charge in [-0.15, -0.1) is 0 Å². The fourth-order valence-electron chi connectivity index (χ4n) is 4.79. The molecule has 2 aromatic rings. The Bertz CT molecular complexity index is 1240. The molecule has 1 aliphatic carbocycles. The van der Waals surface area contributed by atoms with Gasteiger partial charge in [-0.05, 0) is 38.3 Å². The molecule has 0 bridgehead atoms. The van der Waals surface area contributed by atoms with Crippen molar-refractivity contribution in [3.63, 3.8) is 0 Å². The number of halogens is 3. The van der Waals surface area contributed by atoms with Gasteiger partial charge < -0.3 is 9.88 Å². The highest BCUT2D eigenvalue weighted by Gasteiger charge is 2.47. The van der Waals surface area contributed by atoms with Crippen LogP contribution in [0.1, 0.15) is 32.3 Å². The molecule has 6 nitrogen and oxygen atoms in total. The molecular weight excluding hydrogens is 443 g/mol. The zero-order chi connectivity index (χ0) is 23.3. The molecule has 0 radical (unpaired) electrons. The van der Waals surface area contributed by atoms with Gasteiger partial charge in [-0.25, -0.2) is 12.4 Å². The second kappa shape index (κ2) is 7.91. The number of nitrogens with zero attached hydrogens (tertiary/aromatic N) is 2. The van der Waals surface area contributed by atoms with Crippen LogP contribution in [0.2, 0.25) is 0 Å². The maximum Gasteiger partial charge on any atom is 0.418 e. The molecule has 3 atom stereocenters. The fourth-order valence-corrected chi connectivity index (χ4v) is 6.65. The summed E-state index contributed by atoms with van der Waals surface area (Å²) in [6.45, 7) is 5.97. The van der Waals surface area contributed by atoms with Gasteiger partial charge in [0.15, 0.2) is 0 Å². The number of rotatable bonds is 4. The average molecular weight is 470 g/mol. The molecular formula is C22H26F3N3O3S. The molecule has 0 aromatic carbocycles. The van der Waals surface area contributed by atoms with E-state index in [4.69, 9.17) is 0 Å². The Morgan fingerprint density at radius 1 is 1.28 bits per heavy atom. The number of aromatic amines is 1. The molecule has 10 heteroatoms. The Morgan fingerprint density at radius 3 is 2.72 bits per heavy atom. The Balaban J connectivity index is 1.79. The van der Waals surface area contributed by atoms with Gasteiger partial charge in [0.1, 0.15) is 10.3 Å². The summed E-state index contributed by atoms with van der Waals surface area (Å²) in [6.07, 6.45) is 5.86. The van der Waals surface area contributed by atoms with E-state index in [1.54, 1.807) is 25.2 Å². The van der Waals surface area contributed by atoms with E-state index in [2.05, 4.69) is 11.8 Å². The fraction of sp³-hybridized carbons (Fsp3) is 0.500. The molecule has 0 amide bonds. The summed E-state index contributed by atoms with van der Waals surface area (Å²) in [7, 11) is -4.28. The lowest BCUT2D eigenvalue weighted by molar-refractivity contribution is -0.136. The Kier molecular flexibility index (Phi) is 5.65. The molecule has 0 spiro atoms. The maximum absolute atomic E-state index is 13.8. The van der Waals surface area contributed by atoms with Gasteiger partial charge in [-0.3, -0.25) is 4.79 Å². The van der Waals surface area contributed by atoms with Crippen molar-refractivity contribution in [2.45, 2.75) is 37.6 Å². The van der Waals surface area contributed by atoms with Crippen molar-refractivity contribution < 1.29 is 21.6 Å². The molecule has 1 saturated heterocycles. The average Bonchev–Trinajstić information content (AvgIpc) is 3.16. The first kappa shape index (κ1) is 22.8. The van der Waals surface area contributed by atoms with E-state index in [1.165, 1.54) is 0 Å². The summed E-state index contributed by atoms with van der Waals surface area (Å²) in [5, 5.41) is -0.440. The SMILES string of the molecule is CC1CCCN(CC2C=CC=C[C@]2(C)S(=O)(=O)n2ccc3c(C(F)(F)F)c[nH]c(=O)c32)C1. The zero-order valence-corrected chi connectivity index (χ0v) is 18.7. The Morgan fingerprint density at radius 2 is 2.03 bits per heavy atom. The minimum absolute atomic E-state index is 0.426. The van der Waals surface area contributed by atoms with Crippen LogP contribution >= 0.6 is 0 Å². The minimum atomic E-state index is -4.73. The first-order chi connectivity index (χ1) is 14.9. The third-order valence-corrected chi connectivity index (χ3v) is 9.01. The molecule has 0 saturated carbocycles. The number of piperidine rings is 1. The lowest BCUT2D eigenvalue weighted by Gasteiger charge is -2.40. The van der Waals surface area contributed by atoms with Crippen molar-refractivity contribution in [1.29, 1.82) is 0 Å². The van der Waals surface area contributed by atoms with Crippen LogP contribution in [0.25, 0.3) is 10.9 Å². The molecule has 174 valence electrons. The molecule has 1 aliphatic heterocycles. The summed E-state index contributed by atoms with van der Waals surface area (Å²) in [4.78, 5) is 16.7. The maximum atomic E-state index is 13.8. The van der Waals surface area contributed by atoms with E-state index < -0.39 is 48.9 Å². The number of hydrogen-bond acceptors (Lipinski definition) is 4. The van der Waals surface area contributed by atoms with Crippen molar-refractivity contribution in [2.75, 3.05) is 19.6 Å². The van der Waals surface area contributed by atoms with Gasteiger partial charge in [-0.2, -0.15) is 13.2 Å². The molecule has 4 rings (SSSR count). The number of allylic oxidation sites excluding steroid dienone is 2. The molecule has 1 fully saturated rings. The van der Waals surface area contributed by atoms with E-state index in [0.717, 1.165) is 38.2 Å². The lowest BCUT2D eigenvalue weighted by Crippen LogP contribution is -2.50. The van der Waals surface area contributed by atoms with Crippen LogP contribution in [0.15, 0.2) is 47.6 Å². The van der Waals surface area contributed by atoms with Crippen LogP contribution < -0.4 is 5.56 Å². The third-order valence-electron chi connectivity index (χ3n) is 6.64.